The minimum Gasteiger partial charge on any atom is -0.491 e. The number of aliphatic hydroxyl groups excluding tert-OH is 1. The predicted octanol–water partition coefficient (Wildman–Crippen LogP) is 5.01. The molecule has 0 aliphatic heterocycles. The summed E-state index contributed by atoms with van der Waals surface area (Å²) >= 11 is 0. The number of hydrogen-bond acceptors (Lipinski definition) is 5. The Morgan fingerprint density at radius 3 is 2.38 bits per heavy atom. The first kappa shape index (κ1) is 25.4. The first-order chi connectivity index (χ1) is 13.8. The van der Waals surface area contributed by atoms with Crippen LogP contribution in [-0.4, -0.2) is 36.4 Å². The third kappa shape index (κ3) is 9.64. The van der Waals surface area contributed by atoms with Crippen LogP contribution in [0.15, 0.2) is 6.07 Å². The Morgan fingerprint density at radius 1 is 1.07 bits per heavy atom. The zero-order valence-corrected chi connectivity index (χ0v) is 19.3. The van der Waals surface area contributed by atoms with E-state index in [0.29, 0.717) is 24.8 Å². The van der Waals surface area contributed by atoms with Gasteiger partial charge in [-0.2, -0.15) is 0 Å². The number of aliphatic hydroxyl groups is 1. The molecule has 1 rings (SSSR count). The van der Waals surface area contributed by atoms with Gasteiger partial charge in [-0.3, -0.25) is 4.79 Å². The van der Waals surface area contributed by atoms with Crippen molar-refractivity contribution in [3.63, 3.8) is 0 Å². The van der Waals surface area contributed by atoms with E-state index in [2.05, 4.69) is 12.2 Å². The summed E-state index contributed by atoms with van der Waals surface area (Å²) in [7, 11) is 0. The molecule has 1 atom stereocenters. The van der Waals surface area contributed by atoms with Gasteiger partial charge in [0, 0.05) is 19.0 Å². The highest BCUT2D eigenvalue weighted by molar-refractivity contribution is 5.73. The molecule has 0 aliphatic rings. The van der Waals surface area contributed by atoms with E-state index < -0.39 is 6.10 Å². The minimum atomic E-state index is -0.577. The van der Waals surface area contributed by atoms with E-state index in [0.717, 1.165) is 35.3 Å². The molecule has 2 N–H and O–H groups in total. The van der Waals surface area contributed by atoms with Gasteiger partial charge in [0.25, 0.3) is 0 Å². The van der Waals surface area contributed by atoms with Gasteiger partial charge in [-0.05, 0) is 49.9 Å². The predicted molar refractivity (Wildman–Crippen MR) is 119 cm³/mol. The molecule has 0 spiro atoms. The highest BCUT2D eigenvalue weighted by Gasteiger charge is 2.16. The molecule has 0 radical (unpaired) electrons. The molecule has 29 heavy (non-hydrogen) atoms. The third-order valence-corrected chi connectivity index (χ3v) is 5.12. The average molecular weight is 408 g/mol. The summed E-state index contributed by atoms with van der Waals surface area (Å²) < 4.78 is 11.5. The number of carbonyl (C=O) groups excluding carboxylic acids is 1. The van der Waals surface area contributed by atoms with Crippen molar-refractivity contribution >= 4 is 5.97 Å². The fourth-order valence-corrected chi connectivity index (χ4v) is 3.16. The number of unbranched alkanes of at least 4 members (excludes halogenated alkanes) is 5. The molecule has 0 aromatic heterocycles. The molecule has 166 valence electrons. The minimum absolute atomic E-state index is 0.171. The van der Waals surface area contributed by atoms with Crippen LogP contribution in [0.1, 0.15) is 82.4 Å². The van der Waals surface area contributed by atoms with Crippen molar-refractivity contribution in [1.82, 2.24) is 5.32 Å². The Labute approximate surface area is 177 Å². The summed E-state index contributed by atoms with van der Waals surface area (Å²) in [5, 5.41) is 13.2. The molecule has 0 heterocycles. The smallest absolute Gasteiger partial charge is 0.311 e. The summed E-state index contributed by atoms with van der Waals surface area (Å²) in [5.74, 6) is 1.18. The lowest BCUT2D eigenvalue weighted by molar-refractivity contribution is -0.134. The second-order valence-corrected chi connectivity index (χ2v) is 8.29. The van der Waals surface area contributed by atoms with Crippen LogP contribution >= 0.6 is 0 Å². The lowest BCUT2D eigenvalue weighted by atomic mass is 10.0. The van der Waals surface area contributed by atoms with E-state index in [9.17, 15) is 9.90 Å². The van der Waals surface area contributed by atoms with Crippen LogP contribution in [0, 0.1) is 20.8 Å². The standard InChI is InChI=1S/C24H41NO4/c1-7-8-9-10-11-12-13-23(27)29-24-18(4)14-22(19(5)20(24)6)28-16-21(26)15-25-17(2)3/h14,17,21,25-26H,7-13,15-16H2,1-6H3/t21-/m1/s1. The van der Waals surface area contributed by atoms with E-state index >= 15 is 0 Å². The highest BCUT2D eigenvalue weighted by Crippen LogP contribution is 2.33. The summed E-state index contributed by atoms with van der Waals surface area (Å²) in [6.07, 6.45) is 6.75. The van der Waals surface area contributed by atoms with Gasteiger partial charge in [0.05, 0.1) is 0 Å². The van der Waals surface area contributed by atoms with Crippen LogP contribution in [0.4, 0.5) is 0 Å². The van der Waals surface area contributed by atoms with Gasteiger partial charge in [0.1, 0.15) is 24.2 Å². The molecule has 0 amide bonds. The van der Waals surface area contributed by atoms with Crippen molar-refractivity contribution in [2.75, 3.05) is 13.2 Å². The molecule has 0 unspecified atom stereocenters. The Balaban J connectivity index is 2.59. The van der Waals surface area contributed by atoms with Gasteiger partial charge < -0.3 is 19.9 Å². The molecular formula is C24H41NO4. The number of aryl methyl sites for hydroxylation is 1. The quantitative estimate of drug-likeness (QED) is 0.258. The van der Waals surface area contributed by atoms with Gasteiger partial charge >= 0.3 is 5.97 Å². The summed E-state index contributed by atoms with van der Waals surface area (Å²) in [6, 6.07) is 2.21. The number of hydrogen-bond donors (Lipinski definition) is 2. The number of ether oxygens (including phenoxy) is 2. The maximum atomic E-state index is 12.3. The first-order valence-electron chi connectivity index (χ1n) is 11.1. The molecule has 1 aromatic carbocycles. The number of esters is 1. The summed E-state index contributed by atoms with van der Waals surface area (Å²) in [5.41, 5.74) is 2.71. The molecule has 0 saturated heterocycles. The summed E-state index contributed by atoms with van der Waals surface area (Å²) in [4.78, 5) is 12.3. The zero-order valence-electron chi connectivity index (χ0n) is 19.3. The first-order valence-corrected chi connectivity index (χ1v) is 11.1. The average Bonchev–Trinajstić information content (AvgIpc) is 2.68. The van der Waals surface area contributed by atoms with Crippen molar-refractivity contribution in [2.24, 2.45) is 0 Å². The van der Waals surface area contributed by atoms with Crippen LogP contribution in [0.25, 0.3) is 0 Å². The fourth-order valence-electron chi connectivity index (χ4n) is 3.16. The molecule has 5 heteroatoms. The van der Waals surface area contributed by atoms with Gasteiger partial charge in [-0.25, -0.2) is 0 Å². The number of nitrogens with one attached hydrogen (secondary N) is 1. The van der Waals surface area contributed by atoms with Gasteiger partial charge in [0.15, 0.2) is 0 Å². The normalized spacial score (nSPS) is 12.3. The van der Waals surface area contributed by atoms with Crippen LogP contribution in [0.3, 0.4) is 0 Å². The van der Waals surface area contributed by atoms with Crippen molar-refractivity contribution in [1.29, 1.82) is 0 Å². The SMILES string of the molecule is CCCCCCCCC(=O)Oc1c(C)cc(OC[C@H](O)CNC(C)C)c(C)c1C. The zero-order chi connectivity index (χ0) is 21.8. The Bertz CT molecular complexity index is 628. The lowest BCUT2D eigenvalue weighted by Gasteiger charge is -2.19. The summed E-state index contributed by atoms with van der Waals surface area (Å²) in [6.45, 7) is 12.8. The van der Waals surface area contributed by atoms with E-state index in [1.807, 2.05) is 40.7 Å². The maximum absolute atomic E-state index is 12.3. The highest BCUT2D eigenvalue weighted by atomic mass is 16.5. The van der Waals surface area contributed by atoms with E-state index in [1.54, 1.807) is 0 Å². The Kier molecular flexibility index (Phi) is 11.9. The topological polar surface area (TPSA) is 67.8 Å². The maximum Gasteiger partial charge on any atom is 0.311 e. The monoisotopic (exact) mass is 407 g/mol. The molecule has 5 nitrogen and oxygen atoms in total. The van der Waals surface area contributed by atoms with Crippen molar-refractivity contribution in [2.45, 2.75) is 98.6 Å². The number of carbonyl (C=O) groups is 1. The molecule has 0 bridgehead atoms. The number of benzene rings is 1. The van der Waals surface area contributed by atoms with E-state index in [4.69, 9.17) is 9.47 Å². The molecule has 0 fully saturated rings. The van der Waals surface area contributed by atoms with Crippen LogP contribution in [0.5, 0.6) is 11.5 Å². The fraction of sp³-hybridized carbons (Fsp3) is 0.708. The molecule has 0 saturated carbocycles. The lowest BCUT2D eigenvalue weighted by Crippen LogP contribution is -2.35. The van der Waals surface area contributed by atoms with E-state index in [-0.39, 0.29) is 12.6 Å². The molecule has 0 aliphatic carbocycles. The largest absolute Gasteiger partial charge is 0.491 e. The van der Waals surface area contributed by atoms with Crippen LogP contribution in [-0.2, 0) is 4.79 Å². The van der Waals surface area contributed by atoms with Crippen LogP contribution < -0.4 is 14.8 Å². The second kappa shape index (κ2) is 13.6. The number of rotatable bonds is 14. The van der Waals surface area contributed by atoms with E-state index in [1.165, 1.54) is 25.7 Å². The van der Waals surface area contributed by atoms with Gasteiger partial charge in [-0.15, -0.1) is 0 Å². The van der Waals surface area contributed by atoms with Gasteiger partial charge in [0.2, 0.25) is 0 Å². The van der Waals surface area contributed by atoms with Crippen LogP contribution in [0.2, 0.25) is 0 Å². The Hall–Kier alpha value is -1.59. The molecule has 1 aromatic rings. The van der Waals surface area contributed by atoms with Crippen molar-refractivity contribution < 1.29 is 19.4 Å². The van der Waals surface area contributed by atoms with Crippen molar-refractivity contribution in [3.8, 4) is 11.5 Å². The third-order valence-electron chi connectivity index (χ3n) is 5.12. The van der Waals surface area contributed by atoms with Gasteiger partial charge in [-0.1, -0.05) is 52.9 Å². The second-order valence-electron chi connectivity index (χ2n) is 8.29. The Morgan fingerprint density at radius 2 is 1.72 bits per heavy atom. The molecular weight excluding hydrogens is 366 g/mol. The van der Waals surface area contributed by atoms with Crippen molar-refractivity contribution in [3.05, 3.63) is 22.8 Å².